The molecule has 8 heteroatoms. The van der Waals surface area contributed by atoms with Gasteiger partial charge >= 0.3 is 0 Å². The van der Waals surface area contributed by atoms with Crippen molar-refractivity contribution in [3.05, 3.63) is 71.7 Å². The van der Waals surface area contributed by atoms with Gasteiger partial charge in [-0.3, -0.25) is 0 Å². The summed E-state index contributed by atoms with van der Waals surface area (Å²) in [5.74, 6) is -0.933. The van der Waals surface area contributed by atoms with Crippen LogP contribution in [0.5, 0.6) is 0 Å². The molecule has 0 radical (unpaired) electrons. The van der Waals surface area contributed by atoms with Crippen molar-refractivity contribution in [2.45, 2.75) is 19.5 Å². The van der Waals surface area contributed by atoms with Crippen LogP contribution in [0.4, 0.5) is 13.2 Å². The summed E-state index contributed by atoms with van der Waals surface area (Å²) in [7, 11) is 0. The van der Waals surface area contributed by atoms with Crippen molar-refractivity contribution in [3.63, 3.8) is 0 Å². The molecular weight excluding hydrogens is 379 g/mol. The van der Waals surface area contributed by atoms with Crippen molar-refractivity contribution >= 4 is 5.78 Å². The second-order valence-corrected chi connectivity index (χ2v) is 6.97. The second kappa shape index (κ2) is 6.71. The average molecular weight is 393 g/mol. The van der Waals surface area contributed by atoms with Gasteiger partial charge in [-0.25, -0.2) is 23.1 Å². The number of hydrogen-bond acceptors (Lipinski definition) is 4. The van der Waals surface area contributed by atoms with E-state index in [-0.39, 0.29) is 28.2 Å². The van der Waals surface area contributed by atoms with Gasteiger partial charge < -0.3 is 0 Å². The molecule has 0 saturated carbocycles. The van der Waals surface area contributed by atoms with Crippen LogP contribution in [0.15, 0.2) is 48.8 Å². The lowest BCUT2D eigenvalue weighted by atomic mass is 9.97. The molecule has 0 aliphatic rings. The van der Waals surface area contributed by atoms with Crippen molar-refractivity contribution in [2.24, 2.45) is 0 Å². The van der Waals surface area contributed by atoms with Crippen LogP contribution in [0.25, 0.3) is 28.2 Å². The first-order valence-electron chi connectivity index (χ1n) is 8.68. The average Bonchev–Trinajstić information content (AvgIpc) is 3.11. The van der Waals surface area contributed by atoms with Gasteiger partial charge in [0.05, 0.1) is 29.7 Å². The molecule has 2 aromatic heterocycles. The zero-order valence-electron chi connectivity index (χ0n) is 15.5. The highest BCUT2D eigenvalue weighted by atomic mass is 19.1. The molecule has 0 N–H and O–H groups in total. The van der Waals surface area contributed by atoms with Gasteiger partial charge in [0.25, 0.3) is 5.78 Å². The number of nitrogens with zero attached hydrogens (tertiary/aromatic N) is 5. The molecule has 144 valence electrons. The quantitative estimate of drug-likeness (QED) is 0.501. The molecule has 2 aromatic carbocycles. The smallest absolute Gasteiger partial charge is 0.238 e. The largest absolute Gasteiger partial charge is 0.251 e. The van der Waals surface area contributed by atoms with Crippen LogP contribution in [0, 0.1) is 23.0 Å². The van der Waals surface area contributed by atoms with Crippen LogP contribution >= 0.6 is 0 Å². The zero-order valence-corrected chi connectivity index (χ0v) is 15.5. The summed E-state index contributed by atoms with van der Waals surface area (Å²) in [6.07, 6.45) is 2.81. The Hall–Kier alpha value is -3.73. The minimum Gasteiger partial charge on any atom is -0.238 e. The summed E-state index contributed by atoms with van der Waals surface area (Å²) < 4.78 is 43.5. The van der Waals surface area contributed by atoms with Gasteiger partial charge in [0.15, 0.2) is 0 Å². The molecule has 2 heterocycles. The van der Waals surface area contributed by atoms with E-state index < -0.39 is 17.3 Å². The van der Waals surface area contributed by atoms with E-state index in [1.54, 1.807) is 0 Å². The topological polar surface area (TPSA) is 66.9 Å². The Morgan fingerprint density at radius 1 is 1.03 bits per heavy atom. The highest BCUT2D eigenvalue weighted by molar-refractivity contribution is 5.76. The first-order valence-corrected chi connectivity index (χ1v) is 8.68. The third kappa shape index (κ3) is 3.31. The first kappa shape index (κ1) is 18.6. The van der Waals surface area contributed by atoms with E-state index in [9.17, 15) is 18.4 Å². The Morgan fingerprint density at radius 2 is 1.83 bits per heavy atom. The van der Waals surface area contributed by atoms with E-state index >= 15 is 0 Å². The molecule has 4 rings (SSSR count). The van der Waals surface area contributed by atoms with Gasteiger partial charge in [0, 0.05) is 16.7 Å². The molecule has 0 atom stereocenters. The number of halogens is 3. The molecule has 0 aliphatic heterocycles. The maximum Gasteiger partial charge on any atom is 0.251 e. The van der Waals surface area contributed by atoms with E-state index in [4.69, 9.17) is 0 Å². The van der Waals surface area contributed by atoms with Gasteiger partial charge in [-0.1, -0.05) is 6.07 Å². The predicted molar refractivity (Wildman–Crippen MR) is 100 cm³/mol. The SMILES string of the molecule is CC(C)(F)c1cnn2c(-c3ccc(F)c(-c4ccc(F)cc4C#N)c3)cnc2n1. The minimum atomic E-state index is -1.67. The lowest BCUT2D eigenvalue weighted by Gasteiger charge is -2.12. The summed E-state index contributed by atoms with van der Waals surface area (Å²) >= 11 is 0. The Morgan fingerprint density at radius 3 is 2.55 bits per heavy atom. The van der Waals surface area contributed by atoms with E-state index in [0.717, 1.165) is 6.07 Å². The predicted octanol–water partition coefficient (Wildman–Crippen LogP) is 4.81. The number of hydrogen-bond donors (Lipinski definition) is 0. The third-order valence-electron chi connectivity index (χ3n) is 4.50. The fraction of sp³-hybridized carbons (Fsp3) is 0.143. The summed E-state index contributed by atoms with van der Waals surface area (Å²) in [6.45, 7) is 2.75. The van der Waals surface area contributed by atoms with Crippen molar-refractivity contribution in [1.29, 1.82) is 5.26 Å². The van der Waals surface area contributed by atoms with E-state index in [2.05, 4.69) is 15.1 Å². The number of fused-ring (bicyclic) bond motifs is 1. The van der Waals surface area contributed by atoms with Crippen molar-refractivity contribution in [2.75, 3.05) is 0 Å². The Bertz CT molecular complexity index is 1280. The number of nitriles is 1. The molecule has 0 spiro atoms. The standard InChI is InChI=1S/C21H14F3N5/c1-21(2,24)19-11-27-29-18(10-26-20(29)28-19)12-3-6-17(23)16(8-12)15-5-4-14(22)7-13(15)9-25/h3-8,10-11H,1-2H3. The van der Waals surface area contributed by atoms with E-state index in [0.29, 0.717) is 11.3 Å². The van der Waals surface area contributed by atoms with Crippen LogP contribution in [-0.4, -0.2) is 19.6 Å². The first-order chi connectivity index (χ1) is 13.8. The number of alkyl halides is 1. The molecule has 29 heavy (non-hydrogen) atoms. The van der Waals surface area contributed by atoms with Crippen molar-refractivity contribution in [3.8, 4) is 28.5 Å². The van der Waals surface area contributed by atoms with Gasteiger partial charge in [-0.2, -0.15) is 14.9 Å². The van der Waals surface area contributed by atoms with Gasteiger partial charge in [-0.05, 0) is 44.2 Å². The Kier molecular flexibility index (Phi) is 4.31. The zero-order chi connectivity index (χ0) is 20.8. The van der Waals surface area contributed by atoms with E-state index in [1.165, 1.54) is 61.1 Å². The highest BCUT2D eigenvalue weighted by Gasteiger charge is 2.23. The summed E-state index contributed by atoms with van der Waals surface area (Å²) in [5.41, 5.74) is -0.0136. The molecule has 0 aliphatic carbocycles. The third-order valence-corrected chi connectivity index (χ3v) is 4.50. The summed E-state index contributed by atoms with van der Waals surface area (Å²) in [6, 6.07) is 9.79. The summed E-state index contributed by atoms with van der Waals surface area (Å²) in [5, 5.41) is 13.5. The molecule has 0 amide bonds. The van der Waals surface area contributed by atoms with Gasteiger partial charge in [-0.15, -0.1) is 0 Å². The van der Waals surface area contributed by atoms with Gasteiger partial charge in [0.1, 0.15) is 23.0 Å². The number of rotatable bonds is 3. The van der Waals surface area contributed by atoms with Crippen molar-refractivity contribution < 1.29 is 13.2 Å². The molecule has 0 bridgehead atoms. The van der Waals surface area contributed by atoms with Gasteiger partial charge in [0.2, 0.25) is 0 Å². The van der Waals surface area contributed by atoms with Crippen molar-refractivity contribution in [1.82, 2.24) is 19.6 Å². The Labute approximate surface area is 164 Å². The normalized spacial score (nSPS) is 11.6. The van der Waals surface area contributed by atoms with Crippen LogP contribution < -0.4 is 0 Å². The number of imidazole rings is 1. The maximum absolute atomic E-state index is 14.5. The lowest BCUT2D eigenvalue weighted by Crippen LogP contribution is -2.13. The lowest BCUT2D eigenvalue weighted by molar-refractivity contribution is 0.213. The van der Waals surface area contributed by atoms with Crippen LogP contribution in [0.3, 0.4) is 0 Å². The summed E-state index contributed by atoms with van der Waals surface area (Å²) in [4.78, 5) is 8.35. The fourth-order valence-electron chi connectivity index (χ4n) is 2.99. The fourth-order valence-corrected chi connectivity index (χ4v) is 2.99. The highest BCUT2D eigenvalue weighted by Crippen LogP contribution is 2.31. The molecule has 0 unspecified atom stereocenters. The molecular formula is C21H14F3N5. The van der Waals surface area contributed by atoms with Crippen LogP contribution in [0.1, 0.15) is 25.1 Å². The second-order valence-electron chi connectivity index (χ2n) is 6.97. The minimum absolute atomic E-state index is 0.0220. The van der Waals surface area contributed by atoms with E-state index in [1.807, 2.05) is 6.07 Å². The molecule has 0 fully saturated rings. The number of aromatic nitrogens is 4. The molecule has 0 saturated heterocycles. The monoisotopic (exact) mass is 393 g/mol. The maximum atomic E-state index is 14.5. The van der Waals surface area contributed by atoms with Crippen LogP contribution in [-0.2, 0) is 5.67 Å². The Balaban J connectivity index is 1.86. The number of benzene rings is 2. The molecule has 5 nitrogen and oxygen atoms in total. The molecule has 4 aromatic rings. The van der Waals surface area contributed by atoms with Crippen LogP contribution in [0.2, 0.25) is 0 Å².